The minimum Gasteiger partial charge on any atom is -0.393 e. The zero-order valence-corrected chi connectivity index (χ0v) is 10.4. The summed E-state index contributed by atoms with van der Waals surface area (Å²) >= 11 is 0. The van der Waals surface area contributed by atoms with Crippen LogP contribution < -0.4 is 5.73 Å². The fourth-order valence-corrected chi connectivity index (χ4v) is 3.30. The molecular formula is C13H26N2O. The topological polar surface area (TPSA) is 49.5 Å². The van der Waals surface area contributed by atoms with Crippen LogP contribution in [0.25, 0.3) is 0 Å². The summed E-state index contributed by atoms with van der Waals surface area (Å²) in [7, 11) is 0. The number of likely N-dealkylation sites (tertiary alicyclic amines) is 1. The van der Waals surface area contributed by atoms with Crippen LogP contribution in [0.15, 0.2) is 0 Å². The summed E-state index contributed by atoms with van der Waals surface area (Å²) in [6.45, 7) is 4.25. The maximum absolute atomic E-state index is 9.58. The fraction of sp³-hybridized carbons (Fsp3) is 1.00. The van der Waals surface area contributed by atoms with Gasteiger partial charge in [-0.2, -0.15) is 0 Å². The Hall–Kier alpha value is -0.120. The second kappa shape index (κ2) is 5.48. The van der Waals surface area contributed by atoms with Gasteiger partial charge in [0.05, 0.1) is 6.10 Å². The molecule has 3 nitrogen and oxygen atoms in total. The van der Waals surface area contributed by atoms with Crippen LogP contribution in [-0.4, -0.2) is 41.3 Å². The zero-order valence-electron chi connectivity index (χ0n) is 10.4. The second-order valence-corrected chi connectivity index (χ2v) is 5.69. The van der Waals surface area contributed by atoms with E-state index >= 15 is 0 Å². The normalized spacial score (nSPS) is 36.2. The van der Waals surface area contributed by atoms with Gasteiger partial charge in [-0.25, -0.2) is 0 Å². The summed E-state index contributed by atoms with van der Waals surface area (Å²) in [5.74, 6) is 0.522. The number of rotatable bonds is 2. The van der Waals surface area contributed by atoms with Gasteiger partial charge < -0.3 is 15.7 Å². The van der Waals surface area contributed by atoms with Gasteiger partial charge in [0.15, 0.2) is 0 Å². The quantitative estimate of drug-likeness (QED) is 0.747. The Balaban J connectivity index is 1.79. The average molecular weight is 226 g/mol. The van der Waals surface area contributed by atoms with Crippen molar-refractivity contribution >= 4 is 0 Å². The minimum absolute atomic E-state index is 0.129. The van der Waals surface area contributed by atoms with Crippen LogP contribution in [-0.2, 0) is 0 Å². The zero-order chi connectivity index (χ0) is 11.5. The highest BCUT2D eigenvalue weighted by Gasteiger charge is 2.29. The SMILES string of the molecule is CC(O)C1CCN(C2CCCC(N)C2)CC1. The number of hydrogen-bond acceptors (Lipinski definition) is 3. The van der Waals surface area contributed by atoms with E-state index in [4.69, 9.17) is 5.73 Å². The van der Waals surface area contributed by atoms with Crippen LogP contribution in [0.3, 0.4) is 0 Å². The van der Waals surface area contributed by atoms with E-state index in [9.17, 15) is 5.11 Å². The third-order valence-corrected chi connectivity index (χ3v) is 4.46. The summed E-state index contributed by atoms with van der Waals surface area (Å²) in [5.41, 5.74) is 6.04. The van der Waals surface area contributed by atoms with Gasteiger partial charge in [0.2, 0.25) is 0 Å². The van der Waals surface area contributed by atoms with Crippen LogP contribution in [0, 0.1) is 5.92 Å². The molecule has 2 rings (SSSR count). The number of aliphatic hydroxyl groups is 1. The number of nitrogens with zero attached hydrogens (tertiary/aromatic N) is 1. The van der Waals surface area contributed by atoms with Gasteiger partial charge in [-0.05, 0) is 58.0 Å². The molecule has 0 radical (unpaired) electrons. The molecule has 0 spiro atoms. The Morgan fingerprint density at radius 3 is 2.44 bits per heavy atom. The molecule has 3 atom stereocenters. The van der Waals surface area contributed by atoms with Crippen molar-refractivity contribution in [2.45, 2.75) is 63.6 Å². The van der Waals surface area contributed by atoms with Crippen LogP contribution in [0.2, 0.25) is 0 Å². The molecule has 3 unspecified atom stereocenters. The third-order valence-electron chi connectivity index (χ3n) is 4.46. The molecule has 0 aromatic carbocycles. The van der Waals surface area contributed by atoms with Crippen molar-refractivity contribution in [2.24, 2.45) is 11.7 Å². The van der Waals surface area contributed by atoms with Crippen LogP contribution in [0.5, 0.6) is 0 Å². The van der Waals surface area contributed by atoms with Crippen molar-refractivity contribution < 1.29 is 5.11 Å². The van der Waals surface area contributed by atoms with E-state index in [0.717, 1.165) is 32.0 Å². The van der Waals surface area contributed by atoms with Gasteiger partial charge in [-0.1, -0.05) is 6.42 Å². The summed E-state index contributed by atoms with van der Waals surface area (Å²) < 4.78 is 0. The molecule has 16 heavy (non-hydrogen) atoms. The largest absolute Gasteiger partial charge is 0.393 e. The van der Waals surface area contributed by atoms with Crippen molar-refractivity contribution in [3.05, 3.63) is 0 Å². The highest BCUT2D eigenvalue weighted by molar-refractivity contribution is 4.85. The maximum Gasteiger partial charge on any atom is 0.0541 e. The number of hydrogen-bond donors (Lipinski definition) is 2. The lowest BCUT2D eigenvalue weighted by Crippen LogP contribution is -2.47. The lowest BCUT2D eigenvalue weighted by Gasteiger charge is -2.41. The lowest BCUT2D eigenvalue weighted by atomic mass is 9.86. The standard InChI is InChI=1S/C13H26N2O/c1-10(16)11-5-7-15(8-6-11)13-4-2-3-12(14)9-13/h10-13,16H,2-9,14H2,1H3. The van der Waals surface area contributed by atoms with E-state index in [1.54, 1.807) is 0 Å². The predicted molar refractivity (Wildman–Crippen MR) is 66.2 cm³/mol. The Labute approximate surface area is 99.0 Å². The number of nitrogens with two attached hydrogens (primary N) is 1. The Bertz CT molecular complexity index is 212. The molecule has 3 heteroatoms. The first-order valence-corrected chi connectivity index (χ1v) is 6.84. The Kier molecular flexibility index (Phi) is 4.22. The first kappa shape index (κ1) is 12.3. The highest BCUT2D eigenvalue weighted by atomic mass is 16.3. The maximum atomic E-state index is 9.58. The Morgan fingerprint density at radius 2 is 1.88 bits per heavy atom. The van der Waals surface area contributed by atoms with Crippen LogP contribution >= 0.6 is 0 Å². The fourth-order valence-electron chi connectivity index (χ4n) is 3.30. The smallest absolute Gasteiger partial charge is 0.0541 e. The van der Waals surface area contributed by atoms with Crippen molar-refractivity contribution in [3.63, 3.8) is 0 Å². The molecule has 0 amide bonds. The summed E-state index contributed by atoms with van der Waals surface area (Å²) in [6.07, 6.45) is 7.19. The van der Waals surface area contributed by atoms with Crippen LogP contribution in [0.1, 0.15) is 45.4 Å². The van der Waals surface area contributed by atoms with Gasteiger partial charge in [-0.15, -0.1) is 0 Å². The first-order valence-electron chi connectivity index (χ1n) is 6.84. The number of aliphatic hydroxyl groups excluding tert-OH is 1. The lowest BCUT2D eigenvalue weighted by molar-refractivity contribution is 0.0456. The molecule has 0 bridgehead atoms. The molecule has 1 aliphatic carbocycles. The monoisotopic (exact) mass is 226 g/mol. The summed E-state index contributed by atoms with van der Waals surface area (Å²) in [6, 6.07) is 1.15. The van der Waals surface area contributed by atoms with E-state index < -0.39 is 0 Å². The summed E-state index contributed by atoms with van der Waals surface area (Å²) in [5, 5.41) is 9.58. The van der Waals surface area contributed by atoms with E-state index in [1.165, 1.54) is 25.7 Å². The molecule has 1 saturated heterocycles. The second-order valence-electron chi connectivity index (χ2n) is 5.69. The van der Waals surface area contributed by atoms with Gasteiger partial charge in [-0.3, -0.25) is 0 Å². The van der Waals surface area contributed by atoms with E-state index in [2.05, 4.69) is 4.90 Å². The van der Waals surface area contributed by atoms with Crippen molar-refractivity contribution in [2.75, 3.05) is 13.1 Å². The van der Waals surface area contributed by atoms with E-state index in [1.807, 2.05) is 6.92 Å². The average Bonchev–Trinajstić information content (AvgIpc) is 2.29. The summed E-state index contributed by atoms with van der Waals surface area (Å²) in [4.78, 5) is 2.61. The molecule has 1 heterocycles. The molecule has 2 fully saturated rings. The van der Waals surface area contributed by atoms with Crippen molar-refractivity contribution in [1.82, 2.24) is 4.90 Å². The van der Waals surface area contributed by atoms with Gasteiger partial charge in [0.25, 0.3) is 0 Å². The predicted octanol–water partition coefficient (Wildman–Crippen LogP) is 1.35. The minimum atomic E-state index is -0.129. The molecule has 94 valence electrons. The van der Waals surface area contributed by atoms with Gasteiger partial charge in [0, 0.05) is 12.1 Å². The highest BCUT2D eigenvalue weighted by Crippen LogP contribution is 2.27. The molecule has 1 aliphatic heterocycles. The molecule has 0 aromatic heterocycles. The molecule has 1 saturated carbocycles. The first-order chi connectivity index (χ1) is 7.66. The van der Waals surface area contributed by atoms with E-state index in [0.29, 0.717) is 12.0 Å². The molecule has 0 aromatic rings. The Morgan fingerprint density at radius 1 is 1.19 bits per heavy atom. The van der Waals surface area contributed by atoms with Gasteiger partial charge in [0.1, 0.15) is 0 Å². The van der Waals surface area contributed by atoms with Crippen molar-refractivity contribution in [1.29, 1.82) is 0 Å². The van der Waals surface area contributed by atoms with Crippen LogP contribution in [0.4, 0.5) is 0 Å². The molecular weight excluding hydrogens is 200 g/mol. The van der Waals surface area contributed by atoms with Gasteiger partial charge >= 0.3 is 0 Å². The third kappa shape index (κ3) is 2.96. The molecule has 3 N–H and O–H groups in total. The number of piperidine rings is 1. The van der Waals surface area contributed by atoms with Crippen molar-refractivity contribution in [3.8, 4) is 0 Å². The van der Waals surface area contributed by atoms with E-state index in [-0.39, 0.29) is 6.10 Å². The molecule has 2 aliphatic rings.